The van der Waals surface area contributed by atoms with Gasteiger partial charge in [0.1, 0.15) is 11.5 Å². The molecular weight excluding hydrogens is 417 g/mol. The molecular formula is C19H19F3N6OS. The number of benzene rings is 2. The van der Waals surface area contributed by atoms with Crippen LogP contribution in [-0.2, 0) is 6.54 Å². The van der Waals surface area contributed by atoms with Crippen molar-refractivity contribution in [2.75, 3.05) is 31.1 Å². The quantitative estimate of drug-likeness (QED) is 0.587. The average Bonchev–Trinajstić information content (AvgIpc) is 3.24. The highest BCUT2D eigenvalue weighted by atomic mass is 32.2. The third kappa shape index (κ3) is 5.63. The van der Waals surface area contributed by atoms with E-state index in [1.807, 2.05) is 24.3 Å². The molecule has 2 heterocycles. The zero-order chi connectivity index (χ0) is 21.0. The first-order valence-corrected chi connectivity index (χ1v) is 10.1. The highest BCUT2D eigenvalue weighted by Crippen LogP contribution is 2.37. The molecule has 0 saturated carbocycles. The number of anilines is 1. The number of ether oxygens (including phenoxy) is 1. The molecule has 1 N–H and O–H groups in total. The molecule has 1 aromatic heterocycles. The largest absolute Gasteiger partial charge is 0.457 e. The van der Waals surface area contributed by atoms with Crippen molar-refractivity contribution in [2.24, 2.45) is 0 Å². The first-order chi connectivity index (χ1) is 14.4. The third-order valence-corrected chi connectivity index (χ3v) is 5.33. The molecule has 11 heteroatoms. The first-order valence-electron chi connectivity index (χ1n) is 9.28. The van der Waals surface area contributed by atoms with Crippen LogP contribution >= 0.6 is 11.8 Å². The van der Waals surface area contributed by atoms with Crippen LogP contribution in [0.4, 0.5) is 19.1 Å². The summed E-state index contributed by atoms with van der Waals surface area (Å²) in [7, 11) is 0. The van der Waals surface area contributed by atoms with Gasteiger partial charge in [-0.25, -0.2) is 0 Å². The maximum absolute atomic E-state index is 12.4. The third-order valence-electron chi connectivity index (χ3n) is 4.59. The molecule has 0 aliphatic carbocycles. The van der Waals surface area contributed by atoms with Crippen molar-refractivity contribution < 1.29 is 17.9 Å². The molecule has 7 nitrogen and oxygen atoms in total. The Balaban J connectivity index is 1.32. The van der Waals surface area contributed by atoms with Gasteiger partial charge in [0.2, 0.25) is 0 Å². The molecule has 2 aromatic carbocycles. The predicted molar refractivity (Wildman–Crippen MR) is 107 cm³/mol. The number of alkyl halides is 3. The summed E-state index contributed by atoms with van der Waals surface area (Å²) in [6.45, 7) is 4.16. The Morgan fingerprint density at radius 3 is 2.43 bits per heavy atom. The summed E-state index contributed by atoms with van der Waals surface area (Å²) >= 11 is -0.141. The highest BCUT2D eigenvalue weighted by molar-refractivity contribution is 8.00. The number of aromatic nitrogens is 4. The van der Waals surface area contributed by atoms with Crippen LogP contribution in [-0.4, -0.2) is 57.2 Å². The number of hydrogen-bond acceptors (Lipinski definition) is 7. The monoisotopic (exact) mass is 436 g/mol. The Labute approximate surface area is 175 Å². The number of aromatic amines is 1. The molecule has 0 atom stereocenters. The number of hydrogen-bond donors (Lipinski definition) is 1. The molecule has 0 amide bonds. The SMILES string of the molecule is FC(F)(F)Sc1ccc(Oc2cccc(CN3CCN(c4nn[nH]n4)CC3)c2)cc1. The van der Waals surface area contributed by atoms with Crippen molar-refractivity contribution >= 4 is 17.7 Å². The first kappa shape index (κ1) is 20.5. The van der Waals surface area contributed by atoms with Gasteiger partial charge in [0, 0.05) is 37.6 Å². The second kappa shape index (κ2) is 8.92. The van der Waals surface area contributed by atoms with Crippen molar-refractivity contribution in [3.63, 3.8) is 0 Å². The topological polar surface area (TPSA) is 70.2 Å². The fourth-order valence-corrected chi connectivity index (χ4v) is 3.75. The zero-order valence-corrected chi connectivity index (χ0v) is 16.7. The lowest BCUT2D eigenvalue weighted by Gasteiger charge is -2.33. The number of thioether (sulfide) groups is 1. The molecule has 4 rings (SSSR count). The van der Waals surface area contributed by atoms with Crippen LogP contribution in [0.3, 0.4) is 0 Å². The summed E-state index contributed by atoms with van der Waals surface area (Å²) < 4.78 is 43.1. The van der Waals surface area contributed by atoms with Crippen molar-refractivity contribution in [3.05, 3.63) is 54.1 Å². The van der Waals surface area contributed by atoms with E-state index in [1.54, 1.807) is 0 Å². The van der Waals surface area contributed by atoms with E-state index in [2.05, 4.69) is 30.4 Å². The molecule has 158 valence electrons. The second-order valence-electron chi connectivity index (χ2n) is 6.74. The summed E-state index contributed by atoms with van der Waals surface area (Å²) in [5.74, 6) is 1.76. The highest BCUT2D eigenvalue weighted by Gasteiger charge is 2.29. The molecule has 0 unspecified atom stereocenters. The lowest BCUT2D eigenvalue weighted by Crippen LogP contribution is -2.46. The van der Waals surface area contributed by atoms with Crippen LogP contribution in [0.2, 0.25) is 0 Å². The number of nitrogens with zero attached hydrogens (tertiary/aromatic N) is 5. The van der Waals surface area contributed by atoms with Gasteiger partial charge in [-0.15, -0.1) is 5.10 Å². The van der Waals surface area contributed by atoms with Crippen LogP contribution in [0.5, 0.6) is 11.5 Å². The number of nitrogens with one attached hydrogen (secondary N) is 1. The van der Waals surface area contributed by atoms with E-state index >= 15 is 0 Å². The molecule has 1 aliphatic heterocycles. The van der Waals surface area contributed by atoms with E-state index < -0.39 is 5.51 Å². The maximum atomic E-state index is 12.4. The Morgan fingerprint density at radius 1 is 1.00 bits per heavy atom. The minimum Gasteiger partial charge on any atom is -0.457 e. The van der Waals surface area contributed by atoms with E-state index in [0.29, 0.717) is 17.4 Å². The number of rotatable bonds is 6. The minimum atomic E-state index is -4.30. The van der Waals surface area contributed by atoms with Gasteiger partial charge in [0.15, 0.2) is 0 Å². The van der Waals surface area contributed by atoms with Gasteiger partial charge in [-0.3, -0.25) is 4.90 Å². The van der Waals surface area contributed by atoms with Crippen LogP contribution in [0, 0.1) is 0 Å². The molecule has 1 saturated heterocycles. The van der Waals surface area contributed by atoms with Crippen LogP contribution in [0.25, 0.3) is 0 Å². The van der Waals surface area contributed by atoms with E-state index in [0.717, 1.165) is 38.3 Å². The fraction of sp³-hybridized carbons (Fsp3) is 0.316. The van der Waals surface area contributed by atoms with Gasteiger partial charge in [0.25, 0.3) is 5.95 Å². The van der Waals surface area contributed by atoms with Gasteiger partial charge in [0.05, 0.1) is 0 Å². The summed E-state index contributed by atoms with van der Waals surface area (Å²) in [5.41, 5.74) is -3.20. The van der Waals surface area contributed by atoms with Crippen LogP contribution in [0.1, 0.15) is 5.56 Å². The standard InChI is InChI=1S/C19H19F3N6OS/c20-19(21,22)30-17-6-4-15(5-7-17)29-16-3-1-2-14(12-16)13-27-8-10-28(11-9-27)18-23-25-26-24-18/h1-7,12H,8-11,13H2,(H,23,24,25,26). The lowest BCUT2D eigenvalue weighted by atomic mass is 10.2. The minimum absolute atomic E-state index is 0.128. The number of H-pyrrole nitrogens is 1. The molecule has 1 fully saturated rings. The van der Waals surface area contributed by atoms with Gasteiger partial charge >= 0.3 is 5.51 Å². The number of piperazine rings is 1. The van der Waals surface area contributed by atoms with Crippen molar-refractivity contribution in [1.82, 2.24) is 25.5 Å². The molecule has 0 radical (unpaired) electrons. The summed E-state index contributed by atoms with van der Waals surface area (Å²) in [6.07, 6.45) is 0. The molecule has 0 bridgehead atoms. The molecule has 30 heavy (non-hydrogen) atoms. The van der Waals surface area contributed by atoms with Crippen molar-refractivity contribution in [3.8, 4) is 11.5 Å². The van der Waals surface area contributed by atoms with E-state index in [1.165, 1.54) is 24.3 Å². The van der Waals surface area contributed by atoms with Crippen molar-refractivity contribution in [1.29, 1.82) is 0 Å². The maximum Gasteiger partial charge on any atom is 0.446 e. The Bertz CT molecular complexity index is 944. The summed E-state index contributed by atoms with van der Waals surface area (Å²) in [4.78, 5) is 4.54. The van der Waals surface area contributed by atoms with Crippen LogP contribution in [0.15, 0.2) is 53.4 Å². The van der Waals surface area contributed by atoms with Gasteiger partial charge in [-0.2, -0.15) is 18.4 Å². The average molecular weight is 436 g/mol. The zero-order valence-electron chi connectivity index (χ0n) is 15.8. The van der Waals surface area contributed by atoms with Crippen molar-refractivity contribution in [2.45, 2.75) is 16.9 Å². The number of tetrazole rings is 1. The molecule has 1 aliphatic rings. The van der Waals surface area contributed by atoms with Gasteiger partial charge in [-0.05, 0) is 58.9 Å². The summed E-state index contributed by atoms with van der Waals surface area (Å²) in [6, 6.07) is 13.6. The summed E-state index contributed by atoms with van der Waals surface area (Å²) in [5, 5.41) is 14.1. The second-order valence-corrected chi connectivity index (χ2v) is 7.88. The normalized spacial score (nSPS) is 15.4. The number of halogens is 3. The fourth-order valence-electron chi connectivity index (χ4n) is 3.21. The van der Waals surface area contributed by atoms with E-state index in [4.69, 9.17) is 4.74 Å². The Kier molecular flexibility index (Phi) is 6.09. The van der Waals surface area contributed by atoms with Gasteiger partial charge < -0.3 is 9.64 Å². The molecule has 0 spiro atoms. The van der Waals surface area contributed by atoms with E-state index in [-0.39, 0.29) is 16.7 Å². The molecule has 3 aromatic rings. The predicted octanol–water partition coefficient (Wildman–Crippen LogP) is 3.93. The van der Waals surface area contributed by atoms with Crippen LogP contribution < -0.4 is 9.64 Å². The van der Waals surface area contributed by atoms with Gasteiger partial charge in [-0.1, -0.05) is 17.2 Å². The van der Waals surface area contributed by atoms with E-state index in [9.17, 15) is 13.2 Å². The lowest BCUT2D eigenvalue weighted by molar-refractivity contribution is -0.0328. The Morgan fingerprint density at radius 2 is 1.77 bits per heavy atom. The Hall–Kier alpha value is -2.79. The smallest absolute Gasteiger partial charge is 0.446 e.